The summed E-state index contributed by atoms with van der Waals surface area (Å²) < 4.78 is 0. The summed E-state index contributed by atoms with van der Waals surface area (Å²) in [5.74, 6) is -0.899. The van der Waals surface area contributed by atoms with Crippen molar-refractivity contribution in [3.05, 3.63) is 28.8 Å². The van der Waals surface area contributed by atoms with Crippen molar-refractivity contribution in [2.45, 2.75) is 26.2 Å². The van der Waals surface area contributed by atoms with Gasteiger partial charge in [0.25, 0.3) is 5.91 Å². The number of halogens is 1. The summed E-state index contributed by atoms with van der Waals surface area (Å²) in [6.07, 6.45) is 1.81. The molecule has 5 nitrogen and oxygen atoms in total. The average Bonchev–Trinajstić information content (AvgIpc) is 2.29. The van der Waals surface area contributed by atoms with Crippen molar-refractivity contribution < 1.29 is 14.4 Å². The normalized spacial score (nSPS) is 20.9. The van der Waals surface area contributed by atoms with Crippen LogP contribution in [0.5, 0.6) is 0 Å². The van der Waals surface area contributed by atoms with E-state index in [2.05, 4.69) is 5.32 Å². The topological polar surface area (TPSA) is 66.5 Å². The first kappa shape index (κ1) is 13.1. The number of aryl methyl sites for hydroxylation is 1. The van der Waals surface area contributed by atoms with Gasteiger partial charge in [0, 0.05) is 5.02 Å². The third-order valence-electron chi connectivity index (χ3n) is 4.08. The molecule has 0 bridgehead atoms. The maximum atomic E-state index is 12.6. The number of hydrogen-bond acceptors (Lipinski definition) is 3. The van der Waals surface area contributed by atoms with Gasteiger partial charge in [0.2, 0.25) is 5.91 Å². The highest BCUT2D eigenvalue weighted by Gasteiger charge is 2.57. The number of rotatable bonds is 1. The number of anilines is 1. The first-order chi connectivity index (χ1) is 9.45. The van der Waals surface area contributed by atoms with Crippen LogP contribution >= 0.6 is 11.6 Å². The van der Waals surface area contributed by atoms with Crippen LogP contribution in [0.3, 0.4) is 0 Å². The molecule has 20 heavy (non-hydrogen) atoms. The molecule has 1 N–H and O–H groups in total. The number of nitrogens with one attached hydrogen (secondary N) is 1. The van der Waals surface area contributed by atoms with Crippen LogP contribution in [0.25, 0.3) is 0 Å². The monoisotopic (exact) mass is 292 g/mol. The number of barbiturate groups is 1. The third kappa shape index (κ3) is 1.66. The lowest BCUT2D eigenvalue weighted by Gasteiger charge is -2.44. The molecule has 1 aromatic rings. The minimum absolute atomic E-state index is 0.428. The number of nitrogens with zero attached hydrogens (tertiary/aromatic N) is 1. The van der Waals surface area contributed by atoms with Crippen molar-refractivity contribution in [2.75, 3.05) is 4.90 Å². The quantitative estimate of drug-likeness (QED) is 0.808. The number of carbonyl (C=O) groups excluding carboxylic acids is 3. The SMILES string of the molecule is Cc1cc(Cl)ccc1N1C(=O)NC(=O)C2(CCC2)C1=O. The molecule has 1 saturated heterocycles. The molecule has 1 aliphatic carbocycles. The number of amides is 4. The second-order valence-corrected chi connectivity index (χ2v) is 5.70. The van der Waals surface area contributed by atoms with E-state index in [1.54, 1.807) is 25.1 Å². The predicted octanol–water partition coefficient (Wildman–Crippen LogP) is 2.40. The standard InChI is InChI=1S/C14H13ClN2O3/c1-8-7-9(15)3-4-10(8)17-12(19)14(5-2-6-14)11(18)16-13(17)20/h3-4,7H,2,5-6H2,1H3,(H,16,18,20). The van der Waals surface area contributed by atoms with Gasteiger partial charge < -0.3 is 0 Å². The van der Waals surface area contributed by atoms with Gasteiger partial charge in [0.1, 0.15) is 5.41 Å². The van der Waals surface area contributed by atoms with Gasteiger partial charge in [0.15, 0.2) is 0 Å². The zero-order chi connectivity index (χ0) is 14.5. The van der Waals surface area contributed by atoms with Crippen LogP contribution < -0.4 is 10.2 Å². The Hall–Kier alpha value is -1.88. The van der Waals surface area contributed by atoms with E-state index in [0.717, 1.165) is 11.3 Å². The van der Waals surface area contributed by atoms with Crippen LogP contribution in [0.2, 0.25) is 5.02 Å². The Labute approximate surface area is 120 Å². The number of urea groups is 1. The van der Waals surface area contributed by atoms with Crippen LogP contribution in [0.15, 0.2) is 18.2 Å². The maximum Gasteiger partial charge on any atom is 0.335 e. The van der Waals surface area contributed by atoms with Crippen LogP contribution in [-0.4, -0.2) is 17.8 Å². The Balaban J connectivity index is 2.05. The van der Waals surface area contributed by atoms with Crippen LogP contribution in [0.1, 0.15) is 24.8 Å². The first-order valence-corrected chi connectivity index (χ1v) is 6.80. The summed E-state index contributed by atoms with van der Waals surface area (Å²) in [5, 5.41) is 2.82. The molecule has 2 fully saturated rings. The van der Waals surface area contributed by atoms with Crippen molar-refractivity contribution in [3.8, 4) is 0 Å². The highest BCUT2D eigenvalue weighted by Crippen LogP contribution is 2.45. The van der Waals surface area contributed by atoms with Crippen LogP contribution in [0, 0.1) is 12.3 Å². The molecule has 4 amide bonds. The number of imide groups is 2. The Kier molecular flexibility index (Phi) is 2.83. The van der Waals surface area contributed by atoms with Gasteiger partial charge in [-0.05, 0) is 43.5 Å². The second-order valence-electron chi connectivity index (χ2n) is 5.27. The van der Waals surface area contributed by atoms with Gasteiger partial charge >= 0.3 is 6.03 Å². The molecule has 0 unspecified atom stereocenters. The fourth-order valence-corrected chi connectivity index (χ4v) is 2.96. The van der Waals surface area contributed by atoms with Gasteiger partial charge in [0.05, 0.1) is 5.69 Å². The van der Waals surface area contributed by atoms with Gasteiger partial charge in [-0.3, -0.25) is 14.9 Å². The number of benzene rings is 1. The molecular weight excluding hydrogens is 280 g/mol. The lowest BCUT2D eigenvalue weighted by Crippen LogP contribution is -2.66. The first-order valence-electron chi connectivity index (χ1n) is 6.42. The van der Waals surface area contributed by atoms with Crippen molar-refractivity contribution >= 4 is 35.1 Å². The molecule has 3 rings (SSSR count). The Morgan fingerprint density at radius 1 is 1.25 bits per heavy atom. The highest BCUT2D eigenvalue weighted by molar-refractivity contribution is 6.32. The van der Waals surface area contributed by atoms with Crippen LogP contribution in [-0.2, 0) is 9.59 Å². The zero-order valence-electron chi connectivity index (χ0n) is 10.9. The third-order valence-corrected chi connectivity index (χ3v) is 4.31. The lowest BCUT2D eigenvalue weighted by atomic mass is 9.66. The minimum atomic E-state index is -1.06. The maximum absolute atomic E-state index is 12.6. The molecule has 0 radical (unpaired) electrons. The summed E-state index contributed by atoms with van der Waals surface area (Å²) in [7, 11) is 0. The number of hydrogen-bond donors (Lipinski definition) is 1. The molecule has 0 atom stereocenters. The van der Waals surface area contributed by atoms with E-state index in [-0.39, 0.29) is 0 Å². The molecule has 2 aliphatic rings. The molecule has 0 aromatic heterocycles. The largest absolute Gasteiger partial charge is 0.335 e. The van der Waals surface area contributed by atoms with E-state index in [4.69, 9.17) is 11.6 Å². The molecule has 104 valence electrons. The lowest BCUT2D eigenvalue weighted by molar-refractivity contribution is -0.148. The molecule has 1 aliphatic heterocycles. The Morgan fingerprint density at radius 2 is 1.95 bits per heavy atom. The van der Waals surface area contributed by atoms with Gasteiger partial charge in [-0.25, -0.2) is 9.69 Å². The predicted molar refractivity (Wildman–Crippen MR) is 73.5 cm³/mol. The zero-order valence-corrected chi connectivity index (χ0v) is 11.7. The summed E-state index contributed by atoms with van der Waals surface area (Å²) in [6, 6.07) is 4.23. The molecule has 1 spiro atoms. The van der Waals surface area contributed by atoms with Crippen molar-refractivity contribution in [2.24, 2.45) is 5.41 Å². The highest BCUT2D eigenvalue weighted by atomic mass is 35.5. The second kappa shape index (κ2) is 4.31. The Bertz CT molecular complexity index is 637. The fourth-order valence-electron chi connectivity index (χ4n) is 2.74. The summed E-state index contributed by atoms with van der Waals surface area (Å²) in [6.45, 7) is 1.77. The fraction of sp³-hybridized carbons (Fsp3) is 0.357. The molecule has 6 heteroatoms. The van der Waals surface area contributed by atoms with Gasteiger partial charge in [-0.15, -0.1) is 0 Å². The van der Waals surface area contributed by atoms with Crippen molar-refractivity contribution in [1.82, 2.24) is 5.32 Å². The smallest absolute Gasteiger partial charge is 0.276 e. The van der Waals surface area contributed by atoms with Gasteiger partial charge in [-0.2, -0.15) is 0 Å². The van der Waals surface area contributed by atoms with E-state index < -0.39 is 23.3 Å². The molecule has 1 saturated carbocycles. The van der Waals surface area contributed by atoms with Crippen molar-refractivity contribution in [3.63, 3.8) is 0 Å². The molecular formula is C14H13ClN2O3. The summed E-state index contributed by atoms with van der Waals surface area (Å²) >= 11 is 5.89. The van der Waals surface area contributed by atoms with E-state index in [0.29, 0.717) is 29.1 Å². The molecule has 1 aromatic carbocycles. The van der Waals surface area contributed by atoms with Gasteiger partial charge in [-0.1, -0.05) is 18.0 Å². The van der Waals surface area contributed by atoms with E-state index in [9.17, 15) is 14.4 Å². The van der Waals surface area contributed by atoms with Crippen molar-refractivity contribution in [1.29, 1.82) is 0 Å². The summed E-state index contributed by atoms with van der Waals surface area (Å²) in [4.78, 5) is 37.6. The number of carbonyl (C=O) groups is 3. The van der Waals surface area contributed by atoms with E-state index in [1.807, 2.05) is 0 Å². The summed E-state index contributed by atoms with van der Waals surface area (Å²) in [5.41, 5.74) is 0.125. The Morgan fingerprint density at radius 3 is 2.50 bits per heavy atom. The van der Waals surface area contributed by atoms with E-state index in [1.165, 1.54) is 0 Å². The minimum Gasteiger partial charge on any atom is -0.276 e. The van der Waals surface area contributed by atoms with E-state index >= 15 is 0 Å². The molecule has 1 heterocycles. The average molecular weight is 293 g/mol. The van der Waals surface area contributed by atoms with Crippen LogP contribution in [0.4, 0.5) is 10.5 Å².